The van der Waals surface area contributed by atoms with Crippen molar-refractivity contribution in [3.8, 4) is 0 Å². The topological polar surface area (TPSA) is 59.3 Å². The number of anilines is 1. The lowest BCUT2D eigenvalue weighted by molar-refractivity contribution is 0.0997. The van der Waals surface area contributed by atoms with Crippen LogP contribution in [-0.2, 0) is 0 Å². The number of nitrogens with one attached hydrogen (secondary N) is 1. The smallest absolute Gasteiger partial charge is 0.291 e. The standard InChI is InChI=1S/C17H12BrNO3/c1-10-3-2-4-13-14(20)9-15(22-16(10)13)17(21)19-12-7-5-11(18)6-8-12/h2-9H,1H3,(H,19,21). The maximum atomic E-state index is 12.3. The summed E-state index contributed by atoms with van der Waals surface area (Å²) in [7, 11) is 0. The van der Waals surface area contributed by atoms with Crippen molar-refractivity contribution in [1.29, 1.82) is 0 Å². The molecule has 5 heteroatoms. The summed E-state index contributed by atoms with van der Waals surface area (Å²) in [6.45, 7) is 1.84. The van der Waals surface area contributed by atoms with E-state index in [1.165, 1.54) is 6.07 Å². The van der Waals surface area contributed by atoms with Crippen molar-refractivity contribution >= 4 is 38.5 Å². The fraction of sp³-hybridized carbons (Fsp3) is 0.0588. The molecule has 0 aliphatic carbocycles. The van der Waals surface area contributed by atoms with Gasteiger partial charge in [-0.25, -0.2) is 0 Å². The van der Waals surface area contributed by atoms with E-state index in [1.807, 2.05) is 25.1 Å². The Balaban J connectivity index is 1.99. The van der Waals surface area contributed by atoms with E-state index >= 15 is 0 Å². The van der Waals surface area contributed by atoms with Gasteiger partial charge in [-0.05, 0) is 42.8 Å². The number of carbonyl (C=O) groups excluding carboxylic acids is 1. The predicted octanol–water partition coefficient (Wildman–Crippen LogP) is 4.12. The number of carbonyl (C=O) groups is 1. The number of halogens is 1. The zero-order valence-corrected chi connectivity index (χ0v) is 13.3. The minimum Gasteiger partial charge on any atom is -0.450 e. The Morgan fingerprint density at radius 2 is 1.86 bits per heavy atom. The van der Waals surface area contributed by atoms with Crippen molar-refractivity contribution in [1.82, 2.24) is 0 Å². The van der Waals surface area contributed by atoms with Gasteiger partial charge >= 0.3 is 0 Å². The van der Waals surface area contributed by atoms with Gasteiger partial charge in [0, 0.05) is 16.2 Å². The molecule has 0 atom stereocenters. The van der Waals surface area contributed by atoms with Crippen LogP contribution in [0, 0.1) is 6.92 Å². The number of rotatable bonds is 2. The molecule has 0 aliphatic heterocycles. The van der Waals surface area contributed by atoms with Gasteiger partial charge < -0.3 is 9.73 Å². The molecular weight excluding hydrogens is 346 g/mol. The monoisotopic (exact) mass is 357 g/mol. The molecule has 22 heavy (non-hydrogen) atoms. The van der Waals surface area contributed by atoms with Crippen molar-refractivity contribution in [2.45, 2.75) is 6.92 Å². The maximum Gasteiger partial charge on any atom is 0.291 e. The normalized spacial score (nSPS) is 10.6. The van der Waals surface area contributed by atoms with E-state index in [-0.39, 0.29) is 11.2 Å². The summed E-state index contributed by atoms with van der Waals surface area (Å²) in [6.07, 6.45) is 0. The van der Waals surface area contributed by atoms with E-state index in [1.54, 1.807) is 24.3 Å². The number of benzene rings is 2. The summed E-state index contributed by atoms with van der Waals surface area (Å²) in [4.78, 5) is 24.4. The Morgan fingerprint density at radius 1 is 1.14 bits per heavy atom. The molecule has 0 radical (unpaired) electrons. The van der Waals surface area contributed by atoms with Crippen LogP contribution >= 0.6 is 15.9 Å². The summed E-state index contributed by atoms with van der Waals surface area (Å²) in [5.74, 6) is -0.459. The summed E-state index contributed by atoms with van der Waals surface area (Å²) >= 11 is 3.33. The van der Waals surface area contributed by atoms with Crippen molar-refractivity contribution < 1.29 is 9.21 Å². The van der Waals surface area contributed by atoms with Gasteiger partial charge in [-0.1, -0.05) is 28.1 Å². The highest BCUT2D eigenvalue weighted by molar-refractivity contribution is 9.10. The second-order valence-electron chi connectivity index (χ2n) is 4.89. The minimum absolute atomic E-state index is 0.00489. The predicted molar refractivity (Wildman–Crippen MR) is 89.3 cm³/mol. The molecule has 2 aromatic carbocycles. The molecule has 0 spiro atoms. The number of amides is 1. The van der Waals surface area contributed by atoms with E-state index in [0.717, 1.165) is 10.0 Å². The van der Waals surface area contributed by atoms with Crippen LogP contribution in [0.4, 0.5) is 5.69 Å². The Kier molecular flexibility index (Phi) is 3.81. The van der Waals surface area contributed by atoms with Gasteiger partial charge in [0.15, 0.2) is 11.2 Å². The van der Waals surface area contributed by atoms with Gasteiger partial charge in [0.1, 0.15) is 5.58 Å². The number of hydrogen-bond acceptors (Lipinski definition) is 3. The highest BCUT2D eigenvalue weighted by Crippen LogP contribution is 2.18. The Hall–Kier alpha value is -2.40. The van der Waals surface area contributed by atoms with Crippen molar-refractivity contribution in [3.63, 3.8) is 0 Å². The third kappa shape index (κ3) is 2.80. The zero-order chi connectivity index (χ0) is 15.7. The SMILES string of the molecule is Cc1cccc2c(=O)cc(C(=O)Nc3ccc(Br)cc3)oc12. The Morgan fingerprint density at radius 3 is 2.59 bits per heavy atom. The van der Waals surface area contributed by atoms with E-state index in [2.05, 4.69) is 21.2 Å². The van der Waals surface area contributed by atoms with Crippen molar-refractivity contribution in [2.75, 3.05) is 5.32 Å². The fourth-order valence-corrected chi connectivity index (χ4v) is 2.42. The van der Waals surface area contributed by atoms with Crippen LogP contribution in [0.2, 0.25) is 0 Å². The van der Waals surface area contributed by atoms with E-state index in [0.29, 0.717) is 16.7 Å². The molecule has 4 nitrogen and oxygen atoms in total. The van der Waals surface area contributed by atoms with Crippen molar-refractivity contribution in [2.24, 2.45) is 0 Å². The van der Waals surface area contributed by atoms with Crippen LogP contribution in [0.3, 0.4) is 0 Å². The summed E-state index contributed by atoms with van der Waals surface area (Å²) < 4.78 is 6.52. The molecule has 110 valence electrons. The molecule has 1 N–H and O–H groups in total. The molecule has 0 saturated heterocycles. The van der Waals surface area contributed by atoms with E-state index in [4.69, 9.17) is 4.42 Å². The first-order chi connectivity index (χ1) is 10.5. The average Bonchev–Trinajstić information content (AvgIpc) is 2.50. The zero-order valence-electron chi connectivity index (χ0n) is 11.7. The van der Waals surface area contributed by atoms with Crippen LogP contribution in [0.15, 0.2) is 62.2 Å². The third-order valence-electron chi connectivity index (χ3n) is 3.28. The van der Waals surface area contributed by atoms with Gasteiger partial charge in [-0.15, -0.1) is 0 Å². The molecule has 0 bridgehead atoms. The summed E-state index contributed by atoms with van der Waals surface area (Å²) in [5.41, 5.74) is 1.65. The van der Waals surface area contributed by atoms with Crippen LogP contribution in [0.25, 0.3) is 11.0 Å². The second-order valence-corrected chi connectivity index (χ2v) is 5.80. The van der Waals surface area contributed by atoms with Gasteiger partial charge in [0.2, 0.25) is 0 Å². The number of fused-ring (bicyclic) bond motifs is 1. The minimum atomic E-state index is -0.454. The van der Waals surface area contributed by atoms with Gasteiger partial charge in [-0.3, -0.25) is 9.59 Å². The lowest BCUT2D eigenvalue weighted by Gasteiger charge is -2.06. The molecule has 1 aromatic heterocycles. The summed E-state index contributed by atoms with van der Waals surface area (Å²) in [5, 5.41) is 3.18. The van der Waals surface area contributed by atoms with Crippen LogP contribution < -0.4 is 10.7 Å². The van der Waals surface area contributed by atoms with E-state index in [9.17, 15) is 9.59 Å². The highest BCUT2D eigenvalue weighted by atomic mass is 79.9. The lowest BCUT2D eigenvalue weighted by Crippen LogP contribution is -2.15. The van der Waals surface area contributed by atoms with E-state index < -0.39 is 5.91 Å². The molecule has 0 aliphatic rings. The van der Waals surface area contributed by atoms with Gasteiger partial charge in [-0.2, -0.15) is 0 Å². The van der Waals surface area contributed by atoms with Gasteiger partial charge in [0.05, 0.1) is 5.39 Å². The molecule has 3 rings (SSSR count). The van der Waals surface area contributed by atoms with Crippen LogP contribution in [0.5, 0.6) is 0 Å². The number of hydrogen-bond donors (Lipinski definition) is 1. The molecule has 0 fully saturated rings. The Bertz CT molecular complexity index is 913. The third-order valence-corrected chi connectivity index (χ3v) is 3.81. The largest absolute Gasteiger partial charge is 0.450 e. The molecule has 1 heterocycles. The molecular formula is C17H12BrNO3. The van der Waals surface area contributed by atoms with Crippen LogP contribution in [-0.4, -0.2) is 5.91 Å². The van der Waals surface area contributed by atoms with Crippen LogP contribution in [0.1, 0.15) is 16.1 Å². The molecule has 1 amide bonds. The number of aryl methyl sites for hydroxylation is 1. The average molecular weight is 358 g/mol. The Labute approximate surface area is 134 Å². The molecule has 0 saturated carbocycles. The van der Waals surface area contributed by atoms with Crippen molar-refractivity contribution in [3.05, 3.63) is 74.6 Å². The first kappa shape index (κ1) is 14.5. The fourth-order valence-electron chi connectivity index (χ4n) is 2.16. The summed E-state index contributed by atoms with van der Waals surface area (Å²) in [6, 6.07) is 13.7. The quantitative estimate of drug-likeness (QED) is 0.750. The molecule has 3 aromatic rings. The highest BCUT2D eigenvalue weighted by Gasteiger charge is 2.13. The molecule has 0 unspecified atom stereocenters. The van der Waals surface area contributed by atoms with Gasteiger partial charge in [0.25, 0.3) is 5.91 Å². The number of para-hydroxylation sites is 1. The first-order valence-corrected chi connectivity index (χ1v) is 7.44. The second kappa shape index (κ2) is 5.77. The maximum absolute atomic E-state index is 12.3. The first-order valence-electron chi connectivity index (χ1n) is 6.65. The lowest BCUT2D eigenvalue weighted by atomic mass is 10.1.